The van der Waals surface area contributed by atoms with Crippen molar-refractivity contribution in [2.75, 3.05) is 5.32 Å². The first-order valence-electron chi connectivity index (χ1n) is 7.96. The Labute approximate surface area is 153 Å². The number of amides is 1. The fourth-order valence-electron chi connectivity index (χ4n) is 3.79. The summed E-state index contributed by atoms with van der Waals surface area (Å²) in [7, 11) is 0. The van der Waals surface area contributed by atoms with Crippen molar-refractivity contribution in [2.45, 2.75) is 6.42 Å². The van der Waals surface area contributed by atoms with Crippen LogP contribution >= 0.6 is 22.9 Å². The van der Waals surface area contributed by atoms with Gasteiger partial charge >= 0.3 is 5.97 Å². The van der Waals surface area contributed by atoms with Gasteiger partial charge in [-0.2, -0.15) is 0 Å². The zero-order valence-corrected chi connectivity index (χ0v) is 14.6. The third kappa shape index (κ3) is 2.96. The van der Waals surface area contributed by atoms with Gasteiger partial charge in [0.15, 0.2) is 5.13 Å². The van der Waals surface area contributed by atoms with Crippen LogP contribution in [0.3, 0.4) is 0 Å². The summed E-state index contributed by atoms with van der Waals surface area (Å²) < 4.78 is 0. The summed E-state index contributed by atoms with van der Waals surface area (Å²) in [6.45, 7) is 0. The molecule has 2 aliphatic rings. The van der Waals surface area contributed by atoms with Gasteiger partial charge in [0.05, 0.1) is 17.5 Å². The van der Waals surface area contributed by atoms with Crippen molar-refractivity contribution in [2.24, 2.45) is 23.7 Å². The van der Waals surface area contributed by atoms with E-state index in [1.165, 1.54) is 11.3 Å². The number of hydrogen-bond acceptors (Lipinski definition) is 4. The number of carboxylic acids is 1. The molecule has 1 aromatic heterocycles. The minimum atomic E-state index is -0.905. The first kappa shape index (κ1) is 16.3. The van der Waals surface area contributed by atoms with Crippen LogP contribution in [0, 0.1) is 23.7 Å². The first-order chi connectivity index (χ1) is 12.0. The van der Waals surface area contributed by atoms with Crippen LogP contribution in [0.4, 0.5) is 5.13 Å². The largest absolute Gasteiger partial charge is 0.481 e. The monoisotopic (exact) mass is 374 g/mol. The molecule has 1 saturated carbocycles. The quantitative estimate of drug-likeness (QED) is 0.795. The van der Waals surface area contributed by atoms with E-state index >= 15 is 0 Å². The van der Waals surface area contributed by atoms with E-state index < -0.39 is 17.8 Å². The van der Waals surface area contributed by atoms with Crippen LogP contribution in [0.15, 0.2) is 41.8 Å². The minimum absolute atomic E-state index is 0.00166. The number of nitrogens with zero attached hydrogens (tertiary/aromatic N) is 1. The van der Waals surface area contributed by atoms with Crippen LogP contribution in [0.1, 0.15) is 6.42 Å². The molecule has 128 valence electrons. The number of anilines is 1. The van der Waals surface area contributed by atoms with E-state index in [0.717, 1.165) is 17.7 Å². The van der Waals surface area contributed by atoms with Crippen molar-refractivity contribution < 1.29 is 14.7 Å². The van der Waals surface area contributed by atoms with E-state index in [9.17, 15) is 14.7 Å². The molecule has 2 bridgehead atoms. The third-order valence-electron chi connectivity index (χ3n) is 4.92. The lowest BCUT2D eigenvalue weighted by atomic mass is 9.82. The van der Waals surface area contributed by atoms with Gasteiger partial charge in [-0.1, -0.05) is 35.9 Å². The Kier molecular flexibility index (Phi) is 4.09. The summed E-state index contributed by atoms with van der Waals surface area (Å²) in [6, 6.07) is 7.30. The molecule has 0 aliphatic heterocycles. The van der Waals surface area contributed by atoms with Crippen LogP contribution in [-0.4, -0.2) is 22.0 Å². The van der Waals surface area contributed by atoms with Gasteiger partial charge in [0.1, 0.15) is 0 Å². The molecule has 2 aromatic rings. The predicted octanol–water partition coefficient (Wildman–Crippen LogP) is 3.92. The second-order valence-corrected chi connectivity index (χ2v) is 7.67. The van der Waals surface area contributed by atoms with Crippen molar-refractivity contribution >= 4 is 39.9 Å². The zero-order valence-electron chi connectivity index (χ0n) is 13.1. The number of thiazole rings is 1. The molecule has 7 heteroatoms. The topological polar surface area (TPSA) is 79.3 Å². The number of carboxylic acid groups (broad SMARTS) is 1. The normalized spacial score (nSPS) is 26.8. The van der Waals surface area contributed by atoms with E-state index in [2.05, 4.69) is 10.3 Å². The summed E-state index contributed by atoms with van der Waals surface area (Å²) in [5.74, 6) is -2.39. The Hall–Kier alpha value is -2.18. The second kappa shape index (κ2) is 6.28. The summed E-state index contributed by atoms with van der Waals surface area (Å²) in [5.41, 5.74) is 1.66. The van der Waals surface area contributed by atoms with Gasteiger partial charge in [-0.25, -0.2) is 4.98 Å². The number of allylic oxidation sites excluding steroid dienone is 2. The Bertz CT molecular complexity index is 861. The molecule has 2 N–H and O–H groups in total. The van der Waals surface area contributed by atoms with Gasteiger partial charge in [-0.15, -0.1) is 11.3 Å². The van der Waals surface area contributed by atoms with Crippen LogP contribution in [0.25, 0.3) is 11.3 Å². The number of fused-ring (bicyclic) bond motifs is 2. The second-order valence-electron chi connectivity index (χ2n) is 6.37. The van der Waals surface area contributed by atoms with Crippen LogP contribution in [-0.2, 0) is 9.59 Å². The number of hydrogen-bond donors (Lipinski definition) is 2. The van der Waals surface area contributed by atoms with Crippen molar-refractivity contribution in [1.29, 1.82) is 0 Å². The summed E-state index contributed by atoms with van der Waals surface area (Å²) in [4.78, 5) is 28.6. The fourth-order valence-corrected chi connectivity index (χ4v) is 4.64. The maximum absolute atomic E-state index is 12.7. The first-order valence-corrected chi connectivity index (χ1v) is 9.22. The number of halogens is 1. The average molecular weight is 375 g/mol. The average Bonchev–Trinajstić information content (AvgIpc) is 3.30. The van der Waals surface area contributed by atoms with Gasteiger partial charge in [0.2, 0.25) is 5.91 Å². The maximum Gasteiger partial charge on any atom is 0.307 e. The minimum Gasteiger partial charge on any atom is -0.481 e. The smallest absolute Gasteiger partial charge is 0.307 e. The molecule has 1 aromatic carbocycles. The van der Waals surface area contributed by atoms with E-state index in [-0.39, 0.29) is 17.7 Å². The van der Waals surface area contributed by atoms with Crippen molar-refractivity contribution in [3.8, 4) is 11.3 Å². The zero-order chi connectivity index (χ0) is 17.6. The summed E-state index contributed by atoms with van der Waals surface area (Å²) in [6.07, 6.45) is 4.63. The lowest BCUT2D eigenvalue weighted by Gasteiger charge is -2.23. The molecule has 4 atom stereocenters. The van der Waals surface area contributed by atoms with Gasteiger partial charge in [-0.3, -0.25) is 9.59 Å². The number of aliphatic carboxylic acids is 1. The van der Waals surface area contributed by atoms with Crippen LogP contribution in [0.2, 0.25) is 5.02 Å². The molecular formula is C18H15ClN2O3S. The molecule has 1 heterocycles. The third-order valence-corrected chi connectivity index (χ3v) is 5.93. The number of carbonyl (C=O) groups is 2. The number of aromatic nitrogens is 1. The molecule has 0 radical (unpaired) electrons. The fraction of sp³-hybridized carbons (Fsp3) is 0.278. The number of nitrogens with one attached hydrogen (secondary N) is 1. The molecular weight excluding hydrogens is 360 g/mol. The Balaban J connectivity index is 1.51. The molecule has 1 amide bonds. The highest BCUT2D eigenvalue weighted by molar-refractivity contribution is 7.14. The summed E-state index contributed by atoms with van der Waals surface area (Å²) >= 11 is 7.21. The summed E-state index contributed by atoms with van der Waals surface area (Å²) in [5, 5.41) is 15.2. The van der Waals surface area contributed by atoms with E-state index in [1.807, 2.05) is 29.7 Å². The SMILES string of the molecule is O=C(O)[C@@H]1[C@@H](C(=O)Nc2nc(-c3ccc(Cl)cc3)cs2)[C@H]2C=C[C@@H]1C2. The molecule has 1 fully saturated rings. The molecule has 25 heavy (non-hydrogen) atoms. The number of rotatable bonds is 4. The Morgan fingerprint density at radius 1 is 1.16 bits per heavy atom. The van der Waals surface area contributed by atoms with Crippen LogP contribution < -0.4 is 5.32 Å². The van der Waals surface area contributed by atoms with Gasteiger partial charge in [0, 0.05) is 16.0 Å². The highest BCUT2D eigenvalue weighted by atomic mass is 35.5. The number of benzene rings is 1. The van der Waals surface area contributed by atoms with Crippen molar-refractivity contribution in [3.63, 3.8) is 0 Å². The van der Waals surface area contributed by atoms with E-state index in [4.69, 9.17) is 11.6 Å². The highest BCUT2D eigenvalue weighted by Gasteiger charge is 2.51. The predicted molar refractivity (Wildman–Crippen MR) is 96.5 cm³/mol. The van der Waals surface area contributed by atoms with Crippen molar-refractivity contribution in [1.82, 2.24) is 4.98 Å². The van der Waals surface area contributed by atoms with Gasteiger partial charge < -0.3 is 10.4 Å². The molecule has 0 saturated heterocycles. The molecule has 4 rings (SSSR count). The lowest BCUT2D eigenvalue weighted by molar-refractivity contribution is -0.146. The standard InChI is InChI=1S/C18H15ClN2O3S/c19-12-5-3-9(4-6-12)13-8-25-18(20-13)21-16(22)14-10-1-2-11(7-10)15(14)17(23)24/h1-6,8,10-11,14-15H,7H2,(H,23,24)(H,20,21,22)/t10-,11+,14-,15-/m0/s1. The van der Waals surface area contributed by atoms with Crippen LogP contribution in [0.5, 0.6) is 0 Å². The highest BCUT2D eigenvalue weighted by Crippen LogP contribution is 2.48. The van der Waals surface area contributed by atoms with E-state index in [0.29, 0.717) is 10.2 Å². The van der Waals surface area contributed by atoms with Crippen molar-refractivity contribution in [3.05, 3.63) is 46.8 Å². The molecule has 2 aliphatic carbocycles. The molecule has 5 nitrogen and oxygen atoms in total. The molecule has 0 spiro atoms. The lowest BCUT2D eigenvalue weighted by Crippen LogP contribution is -2.36. The van der Waals surface area contributed by atoms with Gasteiger partial charge in [-0.05, 0) is 30.4 Å². The Morgan fingerprint density at radius 3 is 2.52 bits per heavy atom. The van der Waals surface area contributed by atoms with Gasteiger partial charge in [0.25, 0.3) is 0 Å². The van der Waals surface area contributed by atoms with E-state index in [1.54, 1.807) is 12.1 Å². The molecule has 0 unspecified atom stereocenters. The number of carbonyl (C=O) groups excluding carboxylic acids is 1. The Morgan fingerprint density at radius 2 is 1.84 bits per heavy atom. The maximum atomic E-state index is 12.7.